The molecule has 0 unspecified atom stereocenters. The Labute approximate surface area is 130 Å². The molecular formula is C18H20FNO2. The molecule has 0 heterocycles. The molecule has 0 aromatic heterocycles. The van der Waals surface area contributed by atoms with Crippen molar-refractivity contribution in [2.45, 2.75) is 20.3 Å². The lowest BCUT2D eigenvalue weighted by molar-refractivity contribution is 0.102. The molecule has 0 spiro atoms. The number of carbonyl (C=O) groups is 1. The Kier molecular flexibility index (Phi) is 5.53. The molecule has 3 nitrogen and oxygen atoms in total. The van der Waals surface area contributed by atoms with Crippen LogP contribution in [0.1, 0.15) is 30.6 Å². The van der Waals surface area contributed by atoms with E-state index in [0.717, 1.165) is 6.42 Å². The van der Waals surface area contributed by atoms with Crippen molar-refractivity contribution in [3.8, 4) is 5.75 Å². The molecule has 0 atom stereocenters. The Morgan fingerprint density at radius 1 is 1.18 bits per heavy atom. The van der Waals surface area contributed by atoms with Crippen molar-refractivity contribution < 1.29 is 13.9 Å². The molecule has 22 heavy (non-hydrogen) atoms. The second-order valence-corrected chi connectivity index (χ2v) is 5.52. The fourth-order valence-electron chi connectivity index (χ4n) is 1.91. The maximum atomic E-state index is 13.1. The lowest BCUT2D eigenvalue weighted by Gasteiger charge is -2.10. The summed E-state index contributed by atoms with van der Waals surface area (Å²) in [6, 6.07) is 12.8. The monoisotopic (exact) mass is 301 g/mol. The number of nitrogens with one attached hydrogen (secondary N) is 1. The first-order valence-corrected chi connectivity index (χ1v) is 7.34. The molecule has 116 valence electrons. The molecule has 2 aromatic carbocycles. The normalized spacial score (nSPS) is 10.5. The zero-order chi connectivity index (χ0) is 15.9. The van der Waals surface area contributed by atoms with Gasteiger partial charge in [-0.1, -0.05) is 26.0 Å². The second kappa shape index (κ2) is 7.59. The average molecular weight is 301 g/mol. The summed E-state index contributed by atoms with van der Waals surface area (Å²) in [7, 11) is 0. The van der Waals surface area contributed by atoms with Crippen molar-refractivity contribution in [1.29, 1.82) is 0 Å². The Balaban J connectivity index is 2.00. The van der Waals surface area contributed by atoms with Crippen LogP contribution in [0.2, 0.25) is 0 Å². The number of ether oxygens (including phenoxy) is 1. The van der Waals surface area contributed by atoms with E-state index in [4.69, 9.17) is 4.74 Å². The number of rotatable bonds is 6. The van der Waals surface area contributed by atoms with Crippen molar-refractivity contribution in [1.82, 2.24) is 0 Å². The molecule has 0 saturated heterocycles. The van der Waals surface area contributed by atoms with Gasteiger partial charge in [0.15, 0.2) is 0 Å². The maximum absolute atomic E-state index is 13.1. The van der Waals surface area contributed by atoms with Gasteiger partial charge in [0.05, 0.1) is 6.61 Å². The molecule has 2 aromatic rings. The van der Waals surface area contributed by atoms with Gasteiger partial charge in [0.25, 0.3) is 5.91 Å². The number of halogens is 1. The predicted molar refractivity (Wildman–Crippen MR) is 85.7 cm³/mol. The summed E-state index contributed by atoms with van der Waals surface area (Å²) in [4.78, 5) is 12.2. The third kappa shape index (κ3) is 4.88. The highest BCUT2D eigenvalue weighted by Gasteiger charge is 2.08. The van der Waals surface area contributed by atoms with E-state index in [1.807, 2.05) is 6.07 Å². The van der Waals surface area contributed by atoms with E-state index in [1.54, 1.807) is 30.3 Å². The summed E-state index contributed by atoms with van der Waals surface area (Å²) in [5, 5.41) is 2.67. The van der Waals surface area contributed by atoms with Gasteiger partial charge < -0.3 is 10.1 Å². The first-order chi connectivity index (χ1) is 10.5. The van der Waals surface area contributed by atoms with Gasteiger partial charge in [0.1, 0.15) is 11.6 Å². The van der Waals surface area contributed by atoms with Gasteiger partial charge in [-0.25, -0.2) is 4.39 Å². The van der Waals surface area contributed by atoms with Crippen LogP contribution in [-0.2, 0) is 0 Å². The van der Waals surface area contributed by atoms with Crippen LogP contribution in [0.4, 0.5) is 10.1 Å². The third-order valence-electron chi connectivity index (χ3n) is 3.14. The molecule has 0 aliphatic carbocycles. The summed E-state index contributed by atoms with van der Waals surface area (Å²) in [5.74, 6) is 0.551. The lowest BCUT2D eigenvalue weighted by Crippen LogP contribution is -2.12. The highest BCUT2D eigenvalue weighted by Crippen LogP contribution is 2.16. The van der Waals surface area contributed by atoms with Crippen LogP contribution in [0, 0.1) is 11.7 Å². The molecule has 0 saturated carbocycles. The largest absolute Gasteiger partial charge is 0.494 e. The zero-order valence-corrected chi connectivity index (χ0v) is 12.8. The van der Waals surface area contributed by atoms with Crippen molar-refractivity contribution in [2.24, 2.45) is 5.92 Å². The Bertz CT molecular complexity index is 640. The predicted octanol–water partition coefficient (Wildman–Crippen LogP) is 4.50. The second-order valence-electron chi connectivity index (χ2n) is 5.52. The van der Waals surface area contributed by atoms with E-state index in [9.17, 15) is 9.18 Å². The number of hydrogen-bond acceptors (Lipinski definition) is 2. The smallest absolute Gasteiger partial charge is 0.255 e. The SMILES string of the molecule is CC(C)CCOc1cccc(C(=O)Nc2cccc(F)c2)c1. The maximum Gasteiger partial charge on any atom is 0.255 e. The minimum Gasteiger partial charge on any atom is -0.494 e. The minimum atomic E-state index is -0.386. The molecular weight excluding hydrogens is 281 g/mol. The van der Waals surface area contributed by atoms with Crippen LogP contribution in [0.15, 0.2) is 48.5 Å². The van der Waals surface area contributed by atoms with Gasteiger partial charge in [-0.05, 0) is 48.7 Å². The third-order valence-corrected chi connectivity index (χ3v) is 3.14. The van der Waals surface area contributed by atoms with Crippen molar-refractivity contribution >= 4 is 11.6 Å². The standard InChI is InChI=1S/C18H20FNO2/c1-13(2)9-10-22-17-8-3-5-14(11-17)18(21)20-16-7-4-6-15(19)12-16/h3-8,11-13H,9-10H2,1-2H3,(H,20,21). The number of hydrogen-bond donors (Lipinski definition) is 1. The summed E-state index contributed by atoms with van der Waals surface area (Å²) in [6.45, 7) is 4.88. The average Bonchev–Trinajstić information content (AvgIpc) is 2.47. The van der Waals surface area contributed by atoms with Gasteiger partial charge in [0.2, 0.25) is 0 Å². The molecule has 1 amide bonds. The van der Waals surface area contributed by atoms with Gasteiger partial charge in [0, 0.05) is 11.3 Å². The Morgan fingerprint density at radius 2 is 1.95 bits per heavy atom. The van der Waals surface area contributed by atoms with E-state index in [0.29, 0.717) is 29.5 Å². The molecule has 4 heteroatoms. The van der Waals surface area contributed by atoms with E-state index < -0.39 is 0 Å². The van der Waals surface area contributed by atoms with Gasteiger partial charge in [-0.2, -0.15) is 0 Å². The Morgan fingerprint density at radius 3 is 2.68 bits per heavy atom. The van der Waals surface area contributed by atoms with Gasteiger partial charge in [-0.3, -0.25) is 4.79 Å². The molecule has 0 bridgehead atoms. The van der Waals surface area contributed by atoms with E-state index in [1.165, 1.54) is 12.1 Å². The molecule has 0 radical (unpaired) electrons. The fraction of sp³-hybridized carbons (Fsp3) is 0.278. The highest BCUT2D eigenvalue weighted by atomic mass is 19.1. The molecule has 1 N–H and O–H groups in total. The summed E-state index contributed by atoms with van der Waals surface area (Å²) < 4.78 is 18.8. The Hall–Kier alpha value is -2.36. The zero-order valence-electron chi connectivity index (χ0n) is 12.8. The number of amides is 1. The molecule has 0 fully saturated rings. The van der Waals surface area contributed by atoms with Crippen LogP contribution < -0.4 is 10.1 Å². The fourth-order valence-corrected chi connectivity index (χ4v) is 1.91. The minimum absolute atomic E-state index is 0.292. The van der Waals surface area contributed by atoms with Crippen molar-refractivity contribution in [3.05, 3.63) is 59.9 Å². The molecule has 0 aliphatic heterocycles. The van der Waals surface area contributed by atoms with Crippen molar-refractivity contribution in [2.75, 3.05) is 11.9 Å². The first kappa shape index (κ1) is 16.0. The number of carbonyl (C=O) groups excluding carboxylic acids is 1. The quantitative estimate of drug-likeness (QED) is 0.853. The summed E-state index contributed by atoms with van der Waals surface area (Å²) >= 11 is 0. The van der Waals surface area contributed by atoms with E-state index in [2.05, 4.69) is 19.2 Å². The van der Waals surface area contributed by atoms with Gasteiger partial charge in [-0.15, -0.1) is 0 Å². The number of benzene rings is 2. The van der Waals surface area contributed by atoms with E-state index >= 15 is 0 Å². The van der Waals surface area contributed by atoms with Crippen LogP contribution in [-0.4, -0.2) is 12.5 Å². The lowest BCUT2D eigenvalue weighted by atomic mass is 10.1. The summed E-state index contributed by atoms with van der Waals surface area (Å²) in [6.07, 6.45) is 0.958. The van der Waals surface area contributed by atoms with Crippen LogP contribution in [0.25, 0.3) is 0 Å². The van der Waals surface area contributed by atoms with E-state index in [-0.39, 0.29) is 11.7 Å². The van der Waals surface area contributed by atoms with Crippen LogP contribution in [0.3, 0.4) is 0 Å². The number of anilines is 1. The van der Waals surface area contributed by atoms with Crippen LogP contribution >= 0.6 is 0 Å². The van der Waals surface area contributed by atoms with Gasteiger partial charge >= 0.3 is 0 Å². The first-order valence-electron chi connectivity index (χ1n) is 7.34. The summed E-state index contributed by atoms with van der Waals surface area (Å²) in [5.41, 5.74) is 0.905. The van der Waals surface area contributed by atoms with Crippen LogP contribution in [0.5, 0.6) is 5.75 Å². The van der Waals surface area contributed by atoms with Crippen molar-refractivity contribution in [3.63, 3.8) is 0 Å². The molecule has 2 rings (SSSR count). The highest BCUT2D eigenvalue weighted by molar-refractivity contribution is 6.04. The molecule has 0 aliphatic rings. The topological polar surface area (TPSA) is 38.3 Å².